The van der Waals surface area contributed by atoms with E-state index < -0.39 is 14.5 Å². The quantitative estimate of drug-likeness (QED) is 0.203. The Morgan fingerprint density at radius 1 is 0.630 bits per heavy atom. The molecule has 0 saturated heterocycles. The Labute approximate surface area is 175 Å². The Bertz CT molecular complexity index is 458. The second-order valence-electron chi connectivity index (χ2n) is 8.58. The number of hydrogen-bond donors (Lipinski definition) is 0. The summed E-state index contributed by atoms with van der Waals surface area (Å²) in [6, 6.07) is 4.56. The molecule has 1 aromatic rings. The van der Waals surface area contributed by atoms with Gasteiger partial charge in [-0.05, 0) is 31.9 Å². The van der Waals surface area contributed by atoms with Crippen molar-refractivity contribution in [2.24, 2.45) is 0 Å². The molecule has 27 heavy (non-hydrogen) atoms. The highest BCUT2D eigenvalue weighted by atomic mass is 27.2. The lowest BCUT2D eigenvalue weighted by Crippen LogP contribution is -2.22. The first kappa shape index (κ1) is 24.6. The number of benzene rings is 1. The van der Waals surface area contributed by atoms with Crippen molar-refractivity contribution in [2.75, 3.05) is 0 Å². The summed E-state index contributed by atoms with van der Waals surface area (Å²) < 4.78 is 6.73. The molecule has 0 aliphatic carbocycles. The average molecular weight is 389 g/mol. The molecular weight excluding hydrogens is 343 g/mol. The molecule has 0 heterocycles. The highest BCUT2D eigenvalue weighted by Gasteiger charge is 2.24. The summed E-state index contributed by atoms with van der Waals surface area (Å²) in [5, 5.41) is 2.71. The molecule has 0 spiro atoms. The largest absolute Gasteiger partial charge is 0.642 e. The lowest BCUT2D eigenvalue weighted by molar-refractivity contribution is 0.533. The van der Waals surface area contributed by atoms with Gasteiger partial charge in [-0.3, -0.25) is 0 Å². The van der Waals surface area contributed by atoms with E-state index in [1.54, 1.807) is 0 Å². The van der Waals surface area contributed by atoms with Crippen LogP contribution < -0.4 is 3.79 Å². The van der Waals surface area contributed by atoms with Crippen LogP contribution in [0.2, 0.25) is 10.6 Å². The third kappa shape index (κ3) is 11.2. The van der Waals surface area contributed by atoms with E-state index in [0.29, 0.717) is 0 Å². The zero-order valence-electron chi connectivity index (χ0n) is 19.0. The third-order valence-electron chi connectivity index (χ3n) is 5.65. The van der Waals surface area contributed by atoms with Crippen molar-refractivity contribution in [1.82, 2.24) is 0 Å². The van der Waals surface area contributed by atoms with Crippen LogP contribution in [0.1, 0.15) is 108 Å². The minimum absolute atomic E-state index is 1.15. The van der Waals surface area contributed by atoms with Gasteiger partial charge >= 0.3 is 14.5 Å². The van der Waals surface area contributed by atoms with Gasteiger partial charge in [0, 0.05) is 0 Å². The third-order valence-corrected chi connectivity index (χ3v) is 8.32. The minimum atomic E-state index is -1.15. The van der Waals surface area contributed by atoms with Crippen LogP contribution in [0.5, 0.6) is 5.75 Å². The lowest BCUT2D eigenvalue weighted by atomic mass is 10.1. The Hall–Kier alpha value is -0.448. The van der Waals surface area contributed by atoms with Gasteiger partial charge in [0.15, 0.2) is 0 Å². The topological polar surface area (TPSA) is 9.23 Å². The Kier molecular flexibility index (Phi) is 14.1. The maximum absolute atomic E-state index is 6.73. The van der Waals surface area contributed by atoms with Crippen molar-refractivity contribution in [1.29, 1.82) is 0 Å². The zero-order valence-corrected chi connectivity index (χ0v) is 20.2. The molecule has 0 fully saturated rings. The van der Waals surface area contributed by atoms with Crippen molar-refractivity contribution in [3.8, 4) is 5.75 Å². The van der Waals surface area contributed by atoms with E-state index in [2.05, 4.69) is 46.8 Å². The Morgan fingerprint density at radius 3 is 1.48 bits per heavy atom. The van der Waals surface area contributed by atoms with Crippen LogP contribution in [0.3, 0.4) is 0 Å². The fourth-order valence-electron chi connectivity index (χ4n) is 4.09. The predicted molar refractivity (Wildman–Crippen MR) is 123 cm³/mol. The molecule has 154 valence electrons. The van der Waals surface area contributed by atoms with Gasteiger partial charge in [-0.15, -0.1) is 0 Å². The smallest absolute Gasteiger partial charge is 0.546 e. The first-order valence-corrected chi connectivity index (χ1v) is 13.9. The number of unbranched alkanes of at least 4 members (excludes halogenated alkanes) is 10. The molecule has 0 radical (unpaired) electrons. The summed E-state index contributed by atoms with van der Waals surface area (Å²) in [5.41, 5.74) is 4.01. The average Bonchev–Trinajstić information content (AvgIpc) is 2.63. The van der Waals surface area contributed by atoms with Crippen molar-refractivity contribution in [3.05, 3.63) is 28.8 Å². The monoisotopic (exact) mass is 388 g/mol. The molecular formula is C25H45AlO. The van der Waals surface area contributed by atoms with Gasteiger partial charge < -0.3 is 3.79 Å². The van der Waals surface area contributed by atoms with Crippen molar-refractivity contribution in [3.63, 3.8) is 0 Å². The van der Waals surface area contributed by atoms with Crippen LogP contribution in [0.15, 0.2) is 12.1 Å². The molecule has 0 aromatic heterocycles. The maximum atomic E-state index is 6.73. The van der Waals surface area contributed by atoms with Crippen LogP contribution in [-0.4, -0.2) is 14.5 Å². The van der Waals surface area contributed by atoms with Gasteiger partial charge in [0.2, 0.25) is 0 Å². The summed E-state index contributed by atoms with van der Waals surface area (Å²) >= 11 is -1.15. The van der Waals surface area contributed by atoms with Crippen LogP contribution in [-0.2, 0) is 0 Å². The molecule has 2 heteroatoms. The SMILES string of the molecule is CCCCCCC[CH2][Al]([CH2]CCCCCCC)[O]c1c(C)cc(C)cc1C. The molecule has 0 N–H and O–H groups in total. The molecule has 0 saturated carbocycles. The predicted octanol–water partition coefficient (Wildman–Crippen LogP) is 8.70. The normalized spacial score (nSPS) is 11.0. The van der Waals surface area contributed by atoms with Gasteiger partial charge in [-0.2, -0.15) is 0 Å². The van der Waals surface area contributed by atoms with E-state index in [4.69, 9.17) is 3.79 Å². The summed E-state index contributed by atoms with van der Waals surface area (Å²) in [6.07, 6.45) is 16.7. The summed E-state index contributed by atoms with van der Waals surface area (Å²) in [7, 11) is 0. The molecule has 0 bridgehead atoms. The maximum Gasteiger partial charge on any atom is 0.546 e. The highest BCUT2D eigenvalue weighted by molar-refractivity contribution is 6.52. The van der Waals surface area contributed by atoms with Gasteiger partial charge in [-0.1, -0.05) is 119 Å². The molecule has 0 aliphatic heterocycles. The van der Waals surface area contributed by atoms with Crippen molar-refractivity contribution < 1.29 is 3.79 Å². The zero-order chi connectivity index (χ0) is 19.9. The van der Waals surface area contributed by atoms with Crippen LogP contribution >= 0.6 is 0 Å². The van der Waals surface area contributed by atoms with E-state index in [1.807, 2.05) is 0 Å². The van der Waals surface area contributed by atoms with Crippen LogP contribution in [0, 0.1) is 20.8 Å². The molecule has 1 aromatic carbocycles. The number of hydrogen-bond acceptors (Lipinski definition) is 1. The lowest BCUT2D eigenvalue weighted by Gasteiger charge is -2.20. The fraction of sp³-hybridized carbons (Fsp3) is 0.760. The van der Waals surface area contributed by atoms with E-state index >= 15 is 0 Å². The highest BCUT2D eigenvalue weighted by Crippen LogP contribution is 2.27. The van der Waals surface area contributed by atoms with E-state index in [1.165, 1.54) is 110 Å². The first-order valence-electron chi connectivity index (χ1n) is 11.8. The molecule has 0 aliphatic rings. The fourth-order valence-corrected chi connectivity index (χ4v) is 6.80. The number of rotatable bonds is 16. The first-order chi connectivity index (χ1) is 13.1. The van der Waals surface area contributed by atoms with Gasteiger partial charge in [0.1, 0.15) is 0 Å². The summed E-state index contributed by atoms with van der Waals surface area (Å²) in [5.74, 6) is 1.20. The summed E-state index contributed by atoms with van der Waals surface area (Å²) in [4.78, 5) is 0. The second-order valence-corrected chi connectivity index (χ2v) is 11.2. The Balaban J connectivity index is 2.51. The van der Waals surface area contributed by atoms with Crippen LogP contribution in [0.25, 0.3) is 0 Å². The van der Waals surface area contributed by atoms with Gasteiger partial charge in [0.05, 0.1) is 5.75 Å². The molecule has 0 unspecified atom stereocenters. The van der Waals surface area contributed by atoms with E-state index in [0.717, 1.165) is 0 Å². The summed E-state index contributed by atoms with van der Waals surface area (Å²) in [6.45, 7) is 11.2. The van der Waals surface area contributed by atoms with Crippen molar-refractivity contribution in [2.45, 2.75) is 122 Å². The van der Waals surface area contributed by atoms with Gasteiger partial charge in [-0.25, -0.2) is 0 Å². The van der Waals surface area contributed by atoms with E-state index in [-0.39, 0.29) is 0 Å². The van der Waals surface area contributed by atoms with Crippen LogP contribution in [0.4, 0.5) is 0 Å². The van der Waals surface area contributed by atoms with Gasteiger partial charge in [0.25, 0.3) is 0 Å². The van der Waals surface area contributed by atoms with Crippen molar-refractivity contribution >= 4 is 14.5 Å². The molecule has 0 amide bonds. The molecule has 1 nitrogen and oxygen atoms in total. The minimum Gasteiger partial charge on any atom is -0.642 e. The second kappa shape index (κ2) is 15.5. The van der Waals surface area contributed by atoms with E-state index in [9.17, 15) is 0 Å². The number of aryl methyl sites for hydroxylation is 3. The Morgan fingerprint density at radius 2 is 1.04 bits per heavy atom. The molecule has 0 atom stereocenters. The standard InChI is InChI=1S/C9H12O.2C8H17.Al/c1-6-4-7(2)9(10)8(3)5-6;2*1-3-5-7-8-6-4-2;/h4-5,10H,1-3H3;2*1,3-8H2,2H3;/q;;;+1/p-1. The molecule has 1 rings (SSSR count).